The maximum absolute atomic E-state index is 12.4. The number of rotatable bonds is 3. The van der Waals surface area contributed by atoms with Crippen LogP contribution in [0.15, 0.2) is 29.3 Å². The lowest BCUT2D eigenvalue weighted by molar-refractivity contribution is -0.133. The van der Waals surface area contributed by atoms with Gasteiger partial charge in [0.25, 0.3) is 0 Å². The van der Waals surface area contributed by atoms with Crippen molar-refractivity contribution in [1.29, 1.82) is 0 Å². The smallest absolute Gasteiger partial charge is 0.331 e. The van der Waals surface area contributed by atoms with E-state index in [4.69, 9.17) is 28.3 Å². The topological polar surface area (TPSA) is 54.4 Å². The number of carbonyl (C=O) groups is 2. The van der Waals surface area contributed by atoms with E-state index in [2.05, 4.69) is 0 Å². The molecule has 0 saturated carbocycles. The van der Waals surface area contributed by atoms with E-state index < -0.39 is 5.97 Å². The highest BCUT2D eigenvalue weighted by Crippen LogP contribution is 2.29. The van der Waals surface area contributed by atoms with Crippen molar-refractivity contribution < 1.29 is 14.7 Å². The molecule has 100 valence electrons. The summed E-state index contributed by atoms with van der Waals surface area (Å²) in [6.07, 6.45) is 2.55. The van der Waals surface area contributed by atoms with Gasteiger partial charge in [-0.25, -0.2) is 4.79 Å². The molecule has 5 heteroatoms. The van der Waals surface area contributed by atoms with Crippen LogP contribution in [-0.4, -0.2) is 16.9 Å². The third kappa shape index (κ3) is 3.17. The van der Waals surface area contributed by atoms with Gasteiger partial charge in [0.15, 0.2) is 5.78 Å². The quantitative estimate of drug-likeness (QED) is 0.854. The summed E-state index contributed by atoms with van der Waals surface area (Å²) < 4.78 is 0. The zero-order valence-corrected chi connectivity index (χ0v) is 11.6. The molecule has 0 fully saturated rings. The monoisotopic (exact) mass is 298 g/mol. The van der Waals surface area contributed by atoms with Gasteiger partial charge >= 0.3 is 5.97 Å². The van der Waals surface area contributed by atoms with Gasteiger partial charge in [-0.2, -0.15) is 0 Å². The largest absolute Gasteiger partial charge is 0.478 e. The summed E-state index contributed by atoms with van der Waals surface area (Å²) in [6, 6.07) is 4.56. The number of halogens is 2. The van der Waals surface area contributed by atoms with Crippen molar-refractivity contribution in [3.05, 3.63) is 45.0 Å². The van der Waals surface area contributed by atoms with Gasteiger partial charge in [0.05, 0.1) is 0 Å². The summed E-state index contributed by atoms with van der Waals surface area (Å²) in [5, 5.41) is 9.88. The molecule has 0 unspecified atom stereocenters. The fourth-order valence-electron chi connectivity index (χ4n) is 2.25. The summed E-state index contributed by atoms with van der Waals surface area (Å²) in [6.45, 7) is 0. The molecule has 0 amide bonds. The molecule has 0 atom stereocenters. The van der Waals surface area contributed by atoms with E-state index in [1.165, 1.54) is 18.2 Å². The van der Waals surface area contributed by atoms with Gasteiger partial charge in [0, 0.05) is 26.8 Å². The van der Waals surface area contributed by atoms with Crippen LogP contribution in [0.3, 0.4) is 0 Å². The molecule has 1 aliphatic carbocycles. The van der Waals surface area contributed by atoms with Gasteiger partial charge in [-0.15, -0.1) is 0 Å². The lowest BCUT2D eigenvalue weighted by Gasteiger charge is -2.16. The second kappa shape index (κ2) is 5.76. The van der Waals surface area contributed by atoms with Crippen LogP contribution in [0.5, 0.6) is 0 Å². The number of hydrogen-bond donors (Lipinski definition) is 1. The highest BCUT2D eigenvalue weighted by molar-refractivity contribution is 6.35. The molecule has 1 N–H and O–H groups in total. The van der Waals surface area contributed by atoms with Crippen molar-refractivity contribution >= 4 is 35.0 Å². The number of benzene rings is 1. The van der Waals surface area contributed by atoms with Gasteiger partial charge in [-0.05, 0) is 43.9 Å². The van der Waals surface area contributed by atoms with E-state index in [0.717, 1.165) is 12.8 Å². The Morgan fingerprint density at radius 3 is 2.00 bits per heavy atom. The predicted molar refractivity (Wildman–Crippen MR) is 73.9 cm³/mol. The Morgan fingerprint density at radius 1 is 0.947 bits per heavy atom. The van der Waals surface area contributed by atoms with Crippen molar-refractivity contribution in [3.8, 4) is 0 Å². The Labute approximate surface area is 120 Å². The number of Topliss-reactive ketones (excluding diaryl/α,β-unsaturated/α-hetero) is 1. The lowest BCUT2D eigenvalue weighted by atomic mass is 9.87. The highest BCUT2D eigenvalue weighted by Gasteiger charge is 2.24. The molecule has 0 spiro atoms. The molecule has 1 aromatic rings. The van der Waals surface area contributed by atoms with Crippen molar-refractivity contribution in [3.63, 3.8) is 0 Å². The van der Waals surface area contributed by atoms with E-state index in [-0.39, 0.29) is 11.4 Å². The van der Waals surface area contributed by atoms with Gasteiger partial charge in [0.2, 0.25) is 0 Å². The average molecular weight is 299 g/mol. The summed E-state index contributed by atoms with van der Waals surface area (Å²) in [4.78, 5) is 23.6. The van der Waals surface area contributed by atoms with Crippen LogP contribution < -0.4 is 0 Å². The van der Waals surface area contributed by atoms with Crippen LogP contribution in [0, 0.1) is 0 Å². The Morgan fingerprint density at radius 2 is 1.47 bits per heavy atom. The number of carboxylic acid groups (broad SMARTS) is 1. The van der Waals surface area contributed by atoms with Crippen LogP contribution in [0.1, 0.15) is 36.0 Å². The first-order chi connectivity index (χ1) is 8.99. The van der Waals surface area contributed by atoms with Crippen molar-refractivity contribution in [1.82, 2.24) is 0 Å². The van der Waals surface area contributed by atoms with Crippen LogP contribution >= 0.6 is 23.2 Å². The van der Waals surface area contributed by atoms with Gasteiger partial charge in [0.1, 0.15) is 0 Å². The van der Waals surface area contributed by atoms with Crippen LogP contribution in [0.2, 0.25) is 10.0 Å². The standard InChI is InChI=1S/C14H12Cl2O3/c15-9-5-8(6-10(16)7-9)13(17)11-3-1-2-4-12(11)14(18)19/h5-7H,1-4H2,(H,18,19). The van der Waals surface area contributed by atoms with Crippen molar-refractivity contribution in [2.45, 2.75) is 25.7 Å². The van der Waals surface area contributed by atoms with E-state index in [1.807, 2.05) is 0 Å². The van der Waals surface area contributed by atoms with Crippen molar-refractivity contribution in [2.24, 2.45) is 0 Å². The molecule has 2 rings (SSSR count). The third-order valence-electron chi connectivity index (χ3n) is 3.12. The molecule has 1 aromatic carbocycles. The SMILES string of the molecule is O=C(O)C1=C(C(=O)c2cc(Cl)cc(Cl)c2)CCCC1. The summed E-state index contributed by atoms with van der Waals surface area (Å²) >= 11 is 11.7. The van der Waals surface area contributed by atoms with Gasteiger partial charge in [-0.3, -0.25) is 4.79 Å². The minimum Gasteiger partial charge on any atom is -0.478 e. The number of carboxylic acids is 1. The number of carbonyl (C=O) groups excluding carboxylic acids is 1. The zero-order valence-electron chi connectivity index (χ0n) is 10.1. The molecule has 0 saturated heterocycles. The van der Waals surface area contributed by atoms with Gasteiger partial charge in [-0.1, -0.05) is 23.2 Å². The van der Waals surface area contributed by atoms with E-state index in [1.54, 1.807) is 0 Å². The Bertz CT molecular complexity index is 556. The zero-order chi connectivity index (χ0) is 14.0. The number of hydrogen-bond acceptors (Lipinski definition) is 2. The fraction of sp³-hybridized carbons (Fsp3) is 0.286. The number of ketones is 1. The second-order valence-corrected chi connectivity index (χ2v) is 5.33. The average Bonchev–Trinajstić information content (AvgIpc) is 2.36. The second-order valence-electron chi connectivity index (χ2n) is 4.46. The Kier molecular flexibility index (Phi) is 4.27. The molecule has 1 aliphatic rings. The Hall–Kier alpha value is -1.32. The van der Waals surface area contributed by atoms with E-state index in [9.17, 15) is 9.59 Å². The highest BCUT2D eigenvalue weighted by atomic mass is 35.5. The third-order valence-corrected chi connectivity index (χ3v) is 3.56. The molecule has 0 aliphatic heterocycles. The molecule has 0 aromatic heterocycles. The molecule has 0 heterocycles. The molecule has 19 heavy (non-hydrogen) atoms. The summed E-state index contributed by atoms with van der Waals surface area (Å²) in [7, 11) is 0. The normalized spacial score (nSPS) is 15.5. The molecule has 3 nitrogen and oxygen atoms in total. The summed E-state index contributed by atoms with van der Waals surface area (Å²) in [5.41, 5.74) is 0.928. The van der Waals surface area contributed by atoms with E-state index >= 15 is 0 Å². The maximum atomic E-state index is 12.4. The lowest BCUT2D eigenvalue weighted by Crippen LogP contribution is -2.15. The molecular weight excluding hydrogens is 287 g/mol. The first kappa shape index (κ1) is 14.1. The van der Waals surface area contributed by atoms with E-state index in [0.29, 0.717) is 34.0 Å². The van der Waals surface area contributed by atoms with Gasteiger partial charge < -0.3 is 5.11 Å². The minimum atomic E-state index is -1.02. The number of allylic oxidation sites excluding steroid dienone is 1. The first-order valence-corrected chi connectivity index (χ1v) is 6.70. The van der Waals surface area contributed by atoms with Crippen LogP contribution in [0.4, 0.5) is 0 Å². The number of aliphatic carboxylic acids is 1. The maximum Gasteiger partial charge on any atom is 0.331 e. The van der Waals surface area contributed by atoms with Crippen LogP contribution in [0.25, 0.3) is 0 Å². The van der Waals surface area contributed by atoms with Crippen LogP contribution in [-0.2, 0) is 4.79 Å². The fourth-order valence-corrected chi connectivity index (χ4v) is 2.78. The predicted octanol–water partition coefficient (Wildman–Crippen LogP) is 4.13. The Balaban J connectivity index is 2.44. The molecular formula is C14H12Cl2O3. The molecule has 0 bridgehead atoms. The minimum absolute atomic E-state index is 0.215. The molecule has 0 radical (unpaired) electrons. The van der Waals surface area contributed by atoms with Crippen molar-refractivity contribution in [2.75, 3.05) is 0 Å². The first-order valence-electron chi connectivity index (χ1n) is 5.95. The summed E-state index contributed by atoms with van der Waals surface area (Å²) in [5.74, 6) is -1.31.